The number of hydrogen-bond donors (Lipinski definition) is 0. The van der Waals surface area contributed by atoms with Gasteiger partial charge in [0, 0.05) is 5.56 Å². The molecule has 0 radical (unpaired) electrons. The minimum Gasteiger partial charge on any atom is -0.493 e. The molecule has 0 atom stereocenters. The normalized spacial score (nSPS) is 12.4. The maximum Gasteiger partial charge on any atom is 0.338 e. The van der Waals surface area contributed by atoms with Gasteiger partial charge in [0.05, 0.1) is 26.9 Å². The van der Waals surface area contributed by atoms with Crippen molar-refractivity contribution in [2.75, 3.05) is 21.3 Å². The number of methoxy groups -OCH3 is 3. The van der Waals surface area contributed by atoms with Crippen LogP contribution in [0.1, 0.15) is 33.8 Å². The van der Waals surface area contributed by atoms with E-state index in [0.717, 1.165) is 19.3 Å². The van der Waals surface area contributed by atoms with Crippen LogP contribution in [0, 0.1) is 0 Å². The zero-order valence-corrected chi connectivity index (χ0v) is 17.1. The van der Waals surface area contributed by atoms with Gasteiger partial charge in [-0.3, -0.25) is 0 Å². The van der Waals surface area contributed by atoms with E-state index in [0.29, 0.717) is 28.4 Å². The quantitative estimate of drug-likeness (QED) is 0.546. The smallest absolute Gasteiger partial charge is 0.338 e. The van der Waals surface area contributed by atoms with Gasteiger partial charge in [0.2, 0.25) is 11.6 Å². The third-order valence-electron chi connectivity index (χ3n) is 5.04. The first-order valence-electron chi connectivity index (χ1n) is 9.54. The van der Waals surface area contributed by atoms with Crippen molar-refractivity contribution in [3.63, 3.8) is 0 Å². The highest BCUT2D eigenvalue weighted by Gasteiger charge is 2.19. The predicted octanol–water partition coefficient (Wildman–Crippen LogP) is 3.61. The molecule has 0 aliphatic heterocycles. The van der Waals surface area contributed by atoms with Crippen LogP contribution in [0.4, 0.5) is 0 Å². The van der Waals surface area contributed by atoms with Crippen LogP contribution in [0.5, 0.6) is 17.2 Å². The molecule has 156 valence electrons. The van der Waals surface area contributed by atoms with Gasteiger partial charge in [-0.2, -0.15) is 0 Å². The molecule has 0 amide bonds. The fraction of sp³-hybridized carbons (Fsp3) is 0.318. The highest BCUT2D eigenvalue weighted by Crippen LogP contribution is 2.40. The Hall–Kier alpha value is -3.55. The summed E-state index contributed by atoms with van der Waals surface area (Å²) in [6, 6.07) is 9.10. The third-order valence-corrected chi connectivity index (χ3v) is 5.04. The summed E-state index contributed by atoms with van der Waals surface area (Å²) in [4.78, 5) is 12.4. The molecule has 0 unspecified atom stereocenters. The van der Waals surface area contributed by atoms with Gasteiger partial charge >= 0.3 is 5.97 Å². The van der Waals surface area contributed by atoms with Crippen molar-refractivity contribution in [1.29, 1.82) is 0 Å². The number of nitrogens with zero attached hydrogens (tertiary/aromatic N) is 2. The van der Waals surface area contributed by atoms with Crippen LogP contribution in [0.2, 0.25) is 0 Å². The van der Waals surface area contributed by atoms with Gasteiger partial charge in [0.1, 0.15) is 0 Å². The van der Waals surface area contributed by atoms with E-state index >= 15 is 0 Å². The second kappa shape index (κ2) is 8.44. The summed E-state index contributed by atoms with van der Waals surface area (Å²) in [5.41, 5.74) is 3.64. The SMILES string of the molecule is COc1cc(-c2nnc(COC(=O)c3ccc4c(c3)CCC4)o2)cc(OC)c1OC. The topological polar surface area (TPSA) is 92.9 Å². The number of aromatic nitrogens is 2. The third kappa shape index (κ3) is 3.80. The van der Waals surface area contributed by atoms with E-state index in [1.54, 1.807) is 18.2 Å². The largest absolute Gasteiger partial charge is 0.493 e. The summed E-state index contributed by atoms with van der Waals surface area (Å²) in [7, 11) is 4.58. The maximum atomic E-state index is 12.4. The van der Waals surface area contributed by atoms with Gasteiger partial charge in [0.25, 0.3) is 5.89 Å². The zero-order valence-electron chi connectivity index (χ0n) is 17.1. The van der Waals surface area contributed by atoms with Gasteiger partial charge in [-0.15, -0.1) is 10.2 Å². The highest BCUT2D eigenvalue weighted by molar-refractivity contribution is 5.89. The first-order chi connectivity index (χ1) is 14.6. The van der Waals surface area contributed by atoms with E-state index in [4.69, 9.17) is 23.4 Å². The van der Waals surface area contributed by atoms with Crippen LogP contribution in [-0.2, 0) is 24.2 Å². The minimum absolute atomic E-state index is 0.118. The molecule has 1 heterocycles. The Morgan fingerprint density at radius 2 is 1.70 bits per heavy atom. The molecule has 1 aliphatic carbocycles. The molecule has 1 aromatic heterocycles. The van der Waals surface area contributed by atoms with Crippen molar-refractivity contribution >= 4 is 5.97 Å². The summed E-state index contributed by atoms with van der Waals surface area (Å²) >= 11 is 0. The van der Waals surface area contributed by atoms with E-state index in [1.165, 1.54) is 32.5 Å². The van der Waals surface area contributed by atoms with E-state index in [-0.39, 0.29) is 18.4 Å². The van der Waals surface area contributed by atoms with E-state index in [1.807, 2.05) is 12.1 Å². The predicted molar refractivity (Wildman–Crippen MR) is 107 cm³/mol. The molecule has 0 bridgehead atoms. The van der Waals surface area contributed by atoms with Gasteiger partial charge in [-0.25, -0.2) is 4.79 Å². The molecular weight excluding hydrogens is 388 g/mol. The number of esters is 1. The van der Waals surface area contributed by atoms with Crippen LogP contribution >= 0.6 is 0 Å². The highest BCUT2D eigenvalue weighted by atomic mass is 16.5. The molecule has 8 heteroatoms. The molecule has 1 aliphatic rings. The molecule has 0 fully saturated rings. The molecule has 8 nitrogen and oxygen atoms in total. The standard InChI is InChI=1S/C22H22N2O6/c1-26-17-10-16(11-18(27-2)20(17)28-3)21-24-23-19(30-21)12-29-22(25)15-8-7-13-5-4-6-14(13)9-15/h7-11H,4-6,12H2,1-3H3. The summed E-state index contributed by atoms with van der Waals surface area (Å²) < 4.78 is 27.0. The van der Waals surface area contributed by atoms with Crippen molar-refractivity contribution < 1.29 is 28.2 Å². The Balaban J connectivity index is 1.47. The van der Waals surface area contributed by atoms with Gasteiger partial charge < -0.3 is 23.4 Å². The second-order valence-electron chi connectivity index (χ2n) is 6.83. The molecule has 4 rings (SSSR count). The monoisotopic (exact) mass is 410 g/mol. The summed E-state index contributed by atoms with van der Waals surface area (Å²) in [5, 5.41) is 7.99. The van der Waals surface area contributed by atoms with Gasteiger partial charge in [0.15, 0.2) is 18.1 Å². The van der Waals surface area contributed by atoms with Gasteiger partial charge in [-0.1, -0.05) is 6.07 Å². The van der Waals surface area contributed by atoms with E-state index < -0.39 is 5.97 Å². The lowest BCUT2D eigenvalue weighted by Crippen LogP contribution is -2.06. The number of carbonyl (C=O) groups is 1. The number of ether oxygens (including phenoxy) is 4. The van der Waals surface area contributed by atoms with Crippen molar-refractivity contribution in [1.82, 2.24) is 10.2 Å². The molecule has 0 spiro atoms. The second-order valence-corrected chi connectivity index (χ2v) is 6.83. The fourth-order valence-electron chi connectivity index (χ4n) is 3.54. The number of rotatable bonds is 7. The Labute approximate surface area is 173 Å². The molecule has 0 saturated carbocycles. The minimum atomic E-state index is -0.419. The van der Waals surface area contributed by atoms with Gasteiger partial charge in [-0.05, 0) is 54.7 Å². The van der Waals surface area contributed by atoms with Crippen molar-refractivity contribution in [2.45, 2.75) is 25.9 Å². The summed E-state index contributed by atoms with van der Waals surface area (Å²) in [6.07, 6.45) is 3.19. The zero-order chi connectivity index (χ0) is 21.1. The Morgan fingerprint density at radius 3 is 2.40 bits per heavy atom. The number of aryl methyl sites for hydroxylation is 2. The molecule has 30 heavy (non-hydrogen) atoms. The summed E-state index contributed by atoms with van der Waals surface area (Å²) in [6.45, 7) is -0.118. The summed E-state index contributed by atoms with van der Waals surface area (Å²) in [5.74, 6) is 1.42. The van der Waals surface area contributed by atoms with E-state index in [9.17, 15) is 4.79 Å². The number of benzene rings is 2. The lowest BCUT2D eigenvalue weighted by Gasteiger charge is -2.12. The lowest BCUT2D eigenvalue weighted by atomic mass is 10.1. The number of fused-ring (bicyclic) bond motifs is 1. The molecular formula is C22H22N2O6. The fourth-order valence-corrected chi connectivity index (χ4v) is 3.54. The Morgan fingerprint density at radius 1 is 0.967 bits per heavy atom. The first-order valence-corrected chi connectivity index (χ1v) is 9.54. The molecule has 0 N–H and O–H groups in total. The number of hydrogen-bond acceptors (Lipinski definition) is 8. The van der Waals surface area contributed by atoms with Crippen LogP contribution in [0.15, 0.2) is 34.7 Å². The first kappa shape index (κ1) is 19.8. The number of carbonyl (C=O) groups excluding carboxylic acids is 1. The average molecular weight is 410 g/mol. The lowest BCUT2D eigenvalue weighted by molar-refractivity contribution is 0.0438. The van der Waals surface area contributed by atoms with Crippen molar-refractivity contribution in [3.8, 4) is 28.7 Å². The van der Waals surface area contributed by atoms with Crippen molar-refractivity contribution in [2.24, 2.45) is 0 Å². The average Bonchev–Trinajstić information content (AvgIpc) is 3.45. The molecule has 0 saturated heterocycles. The van der Waals surface area contributed by atoms with Crippen LogP contribution in [0.3, 0.4) is 0 Å². The molecule has 2 aromatic carbocycles. The van der Waals surface area contributed by atoms with Crippen LogP contribution in [-0.4, -0.2) is 37.5 Å². The molecule has 3 aromatic rings. The van der Waals surface area contributed by atoms with Crippen molar-refractivity contribution in [3.05, 3.63) is 52.9 Å². The van der Waals surface area contributed by atoms with E-state index in [2.05, 4.69) is 10.2 Å². The Bertz CT molecular complexity index is 1050. The Kier molecular flexibility index (Phi) is 5.56. The maximum absolute atomic E-state index is 12.4. The van der Waals surface area contributed by atoms with Crippen LogP contribution in [0.25, 0.3) is 11.5 Å². The van der Waals surface area contributed by atoms with Crippen LogP contribution < -0.4 is 14.2 Å².